The maximum Gasteiger partial charge on any atom is 0.0529 e. The summed E-state index contributed by atoms with van der Waals surface area (Å²) in [5.74, 6) is 0. The van der Waals surface area contributed by atoms with Crippen molar-refractivity contribution < 1.29 is 0 Å². The van der Waals surface area contributed by atoms with E-state index in [-0.39, 0.29) is 0 Å². The minimum absolute atomic E-state index is 1.23. The van der Waals surface area contributed by atoms with E-state index >= 15 is 0 Å². The molecule has 0 spiro atoms. The lowest BCUT2D eigenvalue weighted by Gasteiger charge is -1.92. The first-order chi connectivity index (χ1) is 9.95. The van der Waals surface area contributed by atoms with Crippen LogP contribution in [-0.2, 0) is 0 Å². The number of hydrogen-bond acceptors (Lipinski definition) is 3. The van der Waals surface area contributed by atoms with Gasteiger partial charge in [0.2, 0.25) is 0 Å². The minimum Gasteiger partial charge on any atom is -0.139 e. The molecule has 0 aliphatic heterocycles. The number of benzene rings is 2. The molecule has 1 heterocycles. The van der Waals surface area contributed by atoms with Gasteiger partial charge in [0.25, 0.3) is 0 Å². The second kappa shape index (κ2) is 8.32. The molecule has 0 aliphatic rings. The van der Waals surface area contributed by atoms with E-state index in [0.29, 0.717) is 0 Å². The summed E-state index contributed by atoms with van der Waals surface area (Å²) in [6.45, 7) is 0. The lowest BCUT2D eigenvalue weighted by Crippen LogP contribution is -1.78. The van der Waals surface area contributed by atoms with Gasteiger partial charge in [-0.15, -0.1) is 10.2 Å². The molecule has 0 saturated carbocycles. The van der Waals surface area contributed by atoms with E-state index in [0.717, 1.165) is 0 Å². The third-order valence-electron chi connectivity index (χ3n) is 2.48. The zero-order valence-corrected chi connectivity index (χ0v) is 11.0. The Morgan fingerprint density at radius 1 is 0.550 bits per heavy atom. The molecule has 0 bridgehead atoms. The summed E-state index contributed by atoms with van der Waals surface area (Å²) >= 11 is 0. The number of hydrogen-bond donors (Lipinski definition) is 0. The van der Waals surface area contributed by atoms with E-state index in [9.17, 15) is 0 Å². The first-order valence-electron chi connectivity index (χ1n) is 6.32. The molecular formula is C17H15N3. The van der Waals surface area contributed by atoms with Crippen LogP contribution in [0.2, 0.25) is 0 Å². The van der Waals surface area contributed by atoms with E-state index in [4.69, 9.17) is 0 Å². The quantitative estimate of drug-likeness (QED) is 0.660. The monoisotopic (exact) mass is 261 g/mol. The summed E-state index contributed by atoms with van der Waals surface area (Å²) in [7, 11) is 0. The summed E-state index contributed by atoms with van der Waals surface area (Å²) in [5, 5.41) is 10.1. The second-order valence-electron chi connectivity index (χ2n) is 3.97. The summed E-state index contributed by atoms with van der Waals surface area (Å²) in [6, 6.07) is 22.3. The molecule has 20 heavy (non-hydrogen) atoms. The van der Waals surface area contributed by atoms with E-state index in [2.05, 4.69) is 51.8 Å². The molecular weight excluding hydrogens is 246 g/mol. The molecule has 0 fully saturated rings. The lowest BCUT2D eigenvalue weighted by molar-refractivity contribution is 0.865. The van der Waals surface area contributed by atoms with Gasteiger partial charge in [0, 0.05) is 0 Å². The fourth-order valence-corrected chi connectivity index (χ4v) is 1.53. The molecule has 1 aromatic heterocycles. The van der Waals surface area contributed by atoms with E-state index < -0.39 is 0 Å². The predicted molar refractivity (Wildman–Crippen MR) is 81.6 cm³/mol. The number of nitrogens with zero attached hydrogens (tertiary/aromatic N) is 3. The van der Waals surface area contributed by atoms with Crippen molar-refractivity contribution in [2.75, 3.05) is 0 Å². The van der Waals surface area contributed by atoms with Gasteiger partial charge in [0.15, 0.2) is 0 Å². The van der Waals surface area contributed by atoms with Crippen molar-refractivity contribution in [3.05, 3.63) is 90.3 Å². The largest absolute Gasteiger partial charge is 0.139 e. The molecule has 3 rings (SSSR count). The van der Waals surface area contributed by atoms with Crippen molar-refractivity contribution in [1.29, 1.82) is 0 Å². The molecule has 0 amide bonds. The first-order valence-corrected chi connectivity index (χ1v) is 6.32. The standard InChI is InChI=1S/C14H12.C3H3N3/c1-3-7-13(8-4-1)11-12-14-9-5-2-6-10-14;1-2-4-6-5-3-1/h1-12H;1-3H. The van der Waals surface area contributed by atoms with Crippen LogP contribution in [0.5, 0.6) is 0 Å². The van der Waals surface area contributed by atoms with Crippen molar-refractivity contribution >= 4 is 12.2 Å². The van der Waals surface area contributed by atoms with Crippen LogP contribution in [-0.4, -0.2) is 15.4 Å². The molecule has 0 N–H and O–H groups in total. The summed E-state index contributed by atoms with van der Waals surface area (Å²) in [6.07, 6.45) is 7.39. The molecule has 98 valence electrons. The highest BCUT2D eigenvalue weighted by Gasteiger charge is 1.84. The van der Waals surface area contributed by atoms with Gasteiger partial charge in [-0.25, -0.2) is 0 Å². The maximum atomic E-state index is 3.42. The molecule has 2 aromatic carbocycles. The molecule has 0 saturated heterocycles. The highest BCUT2D eigenvalue weighted by molar-refractivity contribution is 5.69. The Labute approximate surface area is 118 Å². The van der Waals surface area contributed by atoms with Gasteiger partial charge in [-0.1, -0.05) is 72.8 Å². The molecule has 0 radical (unpaired) electrons. The molecule has 0 unspecified atom stereocenters. The first kappa shape index (κ1) is 13.6. The van der Waals surface area contributed by atoms with Gasteiger partial charge >= 0.3 is 0 Å². The average molecular weight is 261 g/mol. The van der Waals surface area contributed by atoms with Crippen molar-refractivity contribution in [3.63, 3.8) is 0 Å². The van der Waals surface area contributed by atoms with Gasteiger partial charge < -0.3 is 0 Å². The van der Waals surface area contributed by atoms with Crippen molar-refractivity contribution in [2.45, 2.75) is 0 Å². The summed E-state index contributed by atoms with van der Waals surface area (Å²) in [4.78, 5) is 0. The van der Waals surface area contributed by atoms with Gasteiger partial charge in [0.1, 0.15) is 0 Å². The normalized spacial score (nSPS) is 9.80. The number of aromatic nitrogens is 3. The molecule has 3 nitrogen and oxygen atoms in total. The van der Waals surface area contributed by atoms with Crippen LogP contribution in [0.15, 0.2) is 79.1 Å². The third kappa shape index (κ3) is 5.23. The van der Waals surface area contributed by atoms with Crippen LogP contribution in [0, 0.1) is 0 Å². The zero-order chi connectivity index (χ0) is 13.9. The van der Waals surface area contributed by atoms with Crippen LogP contribution < -0.4 is 0 Å². The van der Waals surface area contributed by atoms with Crippen LogP contribution in [0.4, 0.5) is 0 Å². The predicted octanol–water partition coefficient (Wildman–Crippen LogP) is 3.73. The Balaban J connectivity index is 0.000000205. The van der Waals surface area contributed by atoms with Crippen molar-refractivity contribution in [3.8, 4) is 0 Å². The number of rotatable bonds is 2. The van der Waals surface area contributed by atoms with E-state index in [1.54, 1.807) is 18.5 Å². The molecule has 3 heteroatoms. The van der Waals surface area contributed by atoms with Crippen LogP contribution >= 0.6 is 0 Å². The summed E-state index contributed by atoms with van der Waals surface area (Å²) < 4.78 is 0. The Morgan fingerprint density at radius 3 is 1.30 bits per heavy atom. The van der Waals surface area contributed by atoms with Gasteiger partial charge in [-0.05, 0) is 22.4 Å². The smallest absolute Gasteiger partial charge is 0.0529 e. The Bertz CT molecular complexity index is 539. The Morgan fingerprint density at radius 2 is 1.00 bits per heavy atom. The SMILES string of the molecule is C(=Cc1ccccc1)c1ccccc1.c1cnnnc1. The van der Waals surface area contributed by atoms with E-state index in [1.165, 1.54) is 11.1 Å². The average Bonchev–Trinajstić information content (AvgIpc) is 2.57. The van der Waals surface area contributed by atoms with Crippen LogP contribution in [0.3, 0.4) is 0 Å². The topological polar surface area (TPSA) is 38.7 Å². The Kier molecular flexibility index (Phi) is 5.66. The van der Waals surface area contributed by atoms with Crippen molar-refractivity contribution in [1.82, 2.24) is 15.4 Å². The highest BCUT2D eigenvalue weighted by atomic mass is 15.3. The second-order valence-corrected chi connectivity index (χ2v) is 3.97. The fourth-order valence-electron chi connectivity index (χ4n) is 1.53. The van der Waals surface area contributed by atoms with E-state index in [1.807, 2.05) is 36.4 Å². The van der Waals surface area contributed by atoms with Gasteiger partial charge in [-0.3, -0.25) is 0 Å². The molecule has 0 aliphatic carbocycles. The van der Waals surface area contributed by atoms with Crippen LogP contribution in [0.1, 0.15) is 11.1 Å². The maximum absolute atomic E-state index is 3.42. The Hall–Kier alpha value is -2.81. The lowest BCUT2D eigenvalue weighted by atomic mass is 10.1. The fraction of sp³-hybridized carbons (Fsp3) is 0. The summed E-state index contributed by atoms with van der Waals surface area (Å²) in [5.41, 5.74) is 2.47. The van der Waals surface area contributed by atoms with Gasteiger partial charge in [-0.2, -0.15) is 0 Å². The zero-order valence-electron chi connectivity index (χ0n) is 11.0. The van der Waals surface area contributed by atoms with Crippen molar-refractivity contribution in [2.24, 2.45) is 0 Å². The van der Waals surface area contributed by atoms with Gasteiger partial charge in [0.05, 0.1) is 12.4 Å². The van der Waals surface area contributed by atoms with Crippen LogP contribution in [0.25, 0.3) is 12.2 Å². The molecule has 3 aromatic rings. The molecule has 0 atom stereocenters. The highest BCUT2D eigenvalue weighted by Crippen LogP contribution is 2.06. The third-order valence-corrected chi connectivity index (χ3v) is 2.48. The minimum atomic E-state index is 1.23.